The second kappa shape index (κ2) is 5.71. The van der Waals surface area contributed by atoms with Gasteiger partial charge >= 0.3 is 0 Å². The maximum absolute atomic E-state index is 12.2. The molecule has 0 atom stereocenters. The lowest BCUT2D eigenvalue weighted by atomic mass is 10.1. The first-order chi connectivity index (χ1) is 9.10. The van der Waals surface area contributed by atoms with Crippen LogP contribution in [0.2, 0.25) is 5.02 Å². The number of pyridine rings is 1. The third-order valence-corrected chi connectivity index (χ3v) is 2.88. The largest absolute Gasteiger partial charge is 0.387 e. The number of halogens is 1. The van der Waals surface area contributed by atoms with E-state index >= 15 is 0 Å². The zero-order valence-electron chi connectivity index (χ0n) is 10.7. The topological polar surface area (TPSA) is 54.0 Å². The SMILES string of the molecule is CNc1cc(C)ccc1C(=O)Nc1ccc(Cl)cn1. The number of nitrogens with zero attached hydrogens (tertiary/aromatic N) is 1. The standard InChI is InChI=1S/C14H14ClN3O/c1-9-3-5-11(12(7-9)16-2)14(19)18-13-6-4-10(15)8-17-13/h3-8,16H,1-2H3,(H,17,18,19). The van der Waals surface area contributed by atoms with E-state index < -0.39 is 0 Å². The van der Waals surface area contributed by atoms with Crippen molar-refractivity contribution >= 4 is 29.0 Å². The highest BCUT2D eigenvalue weighted by atomic mass is 35.5. The molecule has 2 N–H and O–H groups in total. The van der Waals surface area contributed by atoms with Gasteiger partial charge in [0.1, 0.15) is 5.82 Å². The molecule has 0 radical (unpaired) electrons. The molecule has 1 aromatic heterocycles. The van der Waals surface area contributed by atoms with E-state index in [0.717, 1.165) is 11.3 Å². The number of aryl methyl sites for hydroxylation is 1. The summed E-state index contributed by atoms with van der Waals surface area (Å²) in [7, 11) is 1.78. The number of rotatable bonds is 3. The summed E-state index contributed by atoms with van der Waals surface area (Å²) in [4.78, 5) is 16.2. The molecule has 0 fully saturated rings. The van der Waals surface area contributed by atoms with Crippen molar-refractivity contribution in [3.8, 4) is 0 Å². The van der Waals surface area contributed by atoms with Crippen molar-refractivity contribution in [2.45, 2.75) is 6.92 Å². The van der Waals surface area contributed by atoms with Gasteiger partial charge in [0.2, 0.25) is 0 Å². The molecule has 0 aliphatic heterocycles. The molecule has 1 aromatic carbocycles. The van der Waals surface area contributed by atoms with Crippen LogP contribution in [-0.2, 0) is 0 Å². The van der Waals surface area contributed by atoms with Gasteiger partial charge in [-0.3, -0.25) is 4.79 Å². The number of benzene rings is 1. The van der Waals surface area contributed by atoms with E-state index in [1.165, 1.54) is 6.20 Å². The lowest BCUT2D eigenvalue weighted by Crippen LogP contribution is -2.14. The van der Waals surface area contributed by atoms with E-state index in [2.05, 4.69) is 15.6 Å². The molecule has 0 aliphatic carbocycles. The fraction of sp³-hybridized carbons (Fsp3) is 0.143. The van der Waals surface area contributed by atoms with Crippen molar-refractivity contribution in [1.29, 1.82) is 0 Å². The molecule has 0 unspecified atom stereocenters. The van der Waals surface area contributed by atoms with Crippen molar-refractivity contribution in [2.24, 2.45) is 0 Å². The summed E-state index contributed by atoms with van der Waals surface area (Å²) in [5.41, 5.74) is 2.45. The van der Waals surface area contributed by atoms with Crippen LogP contribution in [0.4, 0.5) is 11.5 Å². The van der Waals surface area contributed by atoms with Gasteiger partial charge in [-0.05, 0) is 36.8 Å². The van der Waals surface area contributed by atoms with Crippen molar-refractivity contribution in [3.63, 3.8) is 0 Å². The fourth-order valence-electron chi connectivity index (χ4n) is 1.70. The van der Waals surface area contributed by atoms with E-state index in [4.69, 9.17) is 11.6 Å². The minimum absolute atomic E-state index is 0.209. The molecule has 2 rings (SSSR count). The number of amides is 1. The first-order valence-corrected chi connectivity index (χ1v) is 6.19. The lowest BCUT2D eigenvalue weighted by Gasteiger charge is -2.10. The molecule has 2 aromatic rings. The number of carbonyl (C=O) groups excluding carboxylic acids is 1. The van der Waals surface area contributed by atoms with Crippen LogP contribution in [-0.4, -0.2) is 17.9 Å². The molecule has 0 saturated carbocycles. The summed E-state index contributed by atoms with van der Waals surface area (Å²) in [5, 5.41) is 6.27. The minimum atomic E-state index is -0.209. The molecule has 1 heterocycles. The molecule has 19 heavy (non-hydrogen) atoms. The van der Waals surface area contributed by atoms with Crippen LogP contribution in [0.5, 0.6) is 0 Å². The molecular weight excluding hydrogens is 262 g/mol. The Morgan fingerprint density at radius 1 is 1.26 bits per heavy atom. The van der Waals surface area contributed by atoms with Gasteiger partial charge in [-0.15, -0.1) is 0 Å². The zero-order valence-corrected chi connectivity index (χ0v) is 11.5. The molecular formula is C14H14ClN3O. The van der Waals surface area contributed by atoms with E-state index in [-0.39, 0.29) is 5.91 Å². The Labute approximate surface area is 116 Å². The fourth-order valence-corrected chi connectivity index (χ4v) is 1.81. The Bertz CT molecular complexity index is 596. The van der Waals surface area contributed by atoms with Gasteiger partial charge in [0.05, 0.1) is 10.6 Å². The maximum atomic E-state index is 12.2. The lowest BCUT2D eigenvalue weighted by molar-refractivity contribution is 0.102. The number of aromatic nitrogens is 1. The molecule has 4 nitrogen and oxygen atoms in total. The first-order valence-electron chi connectivity index (χ1n) is 5.81. The number of hydrogen-bond acceptors (Lipinski definition) is 3. The number of anilines is 2. The first kappa shape index (κ1) is 13.4. The zero-order chi connectivity index (χ0) is 13.8. The van der Waals surface area contributed by atoms with Crippen LogP contribution in [0.3, 0.4) is 0 Å². The third-order valence-electron chi connectivity index (χ3n) is 2.66. The highest BCUT2D eigenvalue weighted by Crippen LogP contribution is 2.18. The van der Waals surface area contributed by atoms with E-state index in [9.17, 15) is 4.79 Å². The molecule has 0 spiro atoms. The highest BCUT2D eigenvalue weighted by Gasteiger charge is 2.11. The number of nitrogens with one attached hydrogen (secondary N) is 2. The van der Waals surface area contributed by atoms with E-state index in [0.29, 0.717) is 16.4 Å². The van der Waals surface area contributed by atoms with E-state index in [1.807, 2.05) is 19.1 Å². The summed E-state index contributed by atoms with van der Waals surface area (Å²) >= 11 is 5.75. The van der Waals surface area contributed by atoms with Crippen LogP contribution >= 0.6 is 11.6 Å². The molecule has 0 aliphatic rings. The van der Waals surface area contributed by atoms with Crippen molar-refractivity contribution in [2.75, 3.05) is 17.7 Å². The van der Waals surface area contributed by atoms with Gasteiger partial charge in [0.25, 0.3) is 5.91 Å². The summed E-state index contributed by atoms with van der Waals surface area (Å²) in [6, 6.07) is 8.94. The van der Waals surface area contributed by atoms with Crippen LogP contribution in [0.25, 0.3) is 0 Å². The molecule has 0 saturated heterocycles. The Morgan fingerprint density at radius 3 is 2.68 bits per heavy atom. The van der Waals surface area contributed by atoms with Gasteiger partial charge in [-0.25, -0.2) is 4.98 Å². The summed E-state index contributed by atoms with van der Waals surface area (Å²) in [6.45, 7) is 1.98. The van der Waals surface area contributed by atoms with Gasteiger partial charge in [0, 0.05) is 18.9 Å². The smallest absolute Gasteiger partial charge is 0.258 e. The summed E-state index contributed by atoms with van der Waals surface area (Å²) in [6.07, 6.45) is 1.49. The predicted molar refractivity (Wildman–Crippen MR) is 77.9 cm³/mol. The van der Waals surface area contributed by atoms with Gasteiger partial charge in [-0.1, -0.05) is 17.7 Å². The van der Waals surface area contributed by atoms with Crippen molar-refractivity contribution < 1.29 is 4.79 Å². The molecule has 1 amide bonds. The van der Waals surface area contributed by atoms with Crippen LogP contribution in [0.15, 0.2) is 36.5 Å². The second-order valence-electron chi connectivity index (χ2n) is 4.11. The Morgan fingerprint density at radius 2 is 2.05 bits per heavy atom. The van der Waals surface area contributed by atoms with Crippen LogP contribution < -0.4 is 10.6 Å². The number of carbonyl (C=O) groups is 1. The monoisotopic (exact) mass is 275 g/mol. The van der Waals surface area contributed by atoms with Gasteiger partial charge in [0.15, 0.2) is 0 Å². The summed E-state index contributed by atoms with van der Waals surface area (Å²) in [5.74, 6) is 0.260. The average Bonchev–Trinajstić information content (AvgIpc) is 2.41. The Hall–Kier alpha value is -2.07. The van der Waals surface area contributed by atoms with Gasteiger partial charge < -0.3 is 10.6 Å². The van der Waals surface area contributed by atoms with E-state index in [1.54, 1.807) is 25.2 Å². The Kier molecular flexibility index (Phi) is 4.02. The maximum Gasteiger partial charge on any atom is 0.258 e. The predicted octanol–water partition coefficient (Wildman–Crippen LogP) is 3.34. The Balaban J connectivity index is 2.22. The minimum Gasteiger partial charge on any atom is -0.387 e. The van der Waals surface area contributed by atoms with Gasteiger partial charge in [-0.2, -0.15) is 0 Å². The third kappa shape index (κ3) is 3.23. The molecule has 98 valence electrons. The second-order valence-corrected chi connectivity index (χ2v) is 4.55. The quantitative estimate of drug-likeness (QED) is 0.903. The van der Waals surface area contributed by atoms with Crippen molar-refractivity contribution in [1.82, 2.24) is 4.98 Å². The summed E-state index contributed by atoms with van der Waals surface area (Å²) < 4.78 is 0. The van der Waals surface area contributed by atoms with Crippen LogP contribution in [0.1, 0.15) is 15.9 Å². The van der Waals surface area contributed by atoms with Crippen molar-refractivity contribution in [3.05, 3.63) is 52.7 Å². The molecule has 0 bridgehead atoms. The normalized spacial score (nSPS) is 10.1. The number of hydrogen-bond donors (Lipinski definition) is 2. The highest BCUT2D eigenvalue weighted by molar-refractivity contribution is 6.30. The average molecular weight is 276 g/mol. The molecule has 5 heteroatoms. The van der Waals surface area contributed by atoms with Crippen LogP contribution in [0, 0.1) is 6.92 Å².